The molecule has 0 aliphatic carbocycles. The zero-order valence-corrected chi connectivity index (χ0v) is 13.0. The molecule has 2 rings (SSSR count). The van der Waals surface area contributed by atoms with Gasteiger partial charge in [-0.05, 0) is 50.7 Å². The number of rotatable bonds is 7. The number of hydrogen-bond donors (Lipinski definition) is 1. The van der Waals surface area contributed by atoms with E-state index < -0.39 is 0 Å². The molecule has 1 fully saturated rings. The third-order valence-corrected chi connectivity index (χ3v) is 4.65. The highest BCUT2D eigenvalue weighted by atomic mass is 32.2. The van der Waals surface area contributed by atoms with Crippen molar-refractivity contribution in [2.24, 2.45) is 5.92 Å². The second kappa shape index (κ2) is 8.37. The SMILES string of the molecule is CN1CCC[C@H](C(=O)NCCCSCc2ccco2)C1. The summed E-state index contributed by atoms with van der Waals surface area (Å²) in [6, 6.07) is 3.91. The Hall–Kier alpha value is -0.940. The Bertz CT molecular complexity index is 395. The molecule has 1 aromatic heterocycles. The number of furan rings is 1. The van der Waals surface area contributed by atoms with Crippen molar-refractivity contribution in [3.8, 4) is 0 Å². The van der Waals surface area contributed by atoms with E-state index in [9.17, 15) is 4.79 Å². The zero-order valence-electron chi connectivity index (χ0n) is 12.1. The fourth-order valence-corrected chi connectivity index (χ4v) is 3.34. The molecule has 1 N–H and O–H groups in total. The molecule has 5 heteroatoms. The van der Waals surface area contributed by atoms with Crippen LogP contribution in [0.4, 0.5) is 0 Å². The van der Waals surface area contributed by atoms with E-state index >= 15 is 0 Å². The Morgan fingerprint density at radius 1 is 1.60 bits per heavy atom. The fraction of sp³-hybridized carbons (Fsp3) is 0.667. The molecule has 0 spiro atoms. The van der Waals surface area contributed by atoms with E-state index in [2.05, 4.69) is 17.3 Å². The van der Waals surface area contributed by atoms with Crippen molar-refractivity contribution in [3.63, 3.8) is 0 Å². The Morgan fingerprint density at radius 2 is 2.50 bits per heavy atom. The van der Waals surface area contributed by atoms with Crippen molar-refractivity contribution < 1.29 is 9.21 Å². The maximum absolute atomic E-state index is 12.0. The van der Waals surface area contributed by atoms with Gasteiger partial charge in [-0.3, -0.25) is 4.79 Å². The monoisotopic (exact) mass is 296 g/mol. The van der Waals surface area contributed by atoms with Crippen LogP contribution in [0.15, 0.2) is 22.8 Å². The molecule has 0 radical (unpaired) electrons. The number of likely N-dealkylation sites (tertiary alicyclic amines) is 1. The summed E-state index contributed by atoms with van der Waals surface area (Å²) in [7, 11) is 2.09. The van der Waals surface area contributed by atoms with Crippen LogP contribution in [0.25, 0.3) is 0 Å². The van der Waals surface area contributed by atoms with E-state index in [1.165, 1.54) is 0 Å². The van der Waals surface area contributed by atoms with Crippen LogP contribution < -0.4 is 5.32 Å². The number of hydrogen-bond acceptors (Lipinski definition) is 4. The summed E-state index contributed by atoms with van der Waals surface area (Å²) >= 11 is 1.85. The second-order valence-corrected chi connectivity index (χ2v) is 6.48. The van der Waals surface area contributed by atoms with Gasteiger partial charge in [0, 0.05) is 13.1 Å². The van der Waals surface area contributed by atoms with Gasteiger partial charge in [0.05, 0.1) is 17.9 Å². The highest BCUT2D eigenvalue weighted by Crippen LogP contribution is 2.15. The number of carbonyl (C=O) groups excluding carboxylic acids is 1. The lowest BCUT2D eigenvalue weighted by Gasteiger charge is -2.28. The molecule has 0 bridgehead atoms. The Labute approximate surface area is 125 Å². The van der Waals surface area contributed by atoms with Crippen LogP contribution in [0.3, 0.4) is 0 Å². The summed E-state index contributed by atoms with van der Waals surface area (Å²) in [6.07, 6.45) is 4.88. The molecule has 1 atom stereocenters. The van der Waals surface area contributed by atoms with E-state index in [1.807, 2.05) is 23.9 Å². The molecule has 2 heterocycles. The van der Waals surface area contributed by atoms with Crippen LogP contribution in [0.1, 0.15) is 25.0 Å². The standard InChI is InChI=1S/C15H24N2O2S/c1-17-8-2-5-13(11-17)15(18)16-7-4-10-20-12-14-6-3-9-19-14/h3,6,9,13H,2,4-5,7-8,10-12H2,1H3,(H,16,18)/t13-/m0/s1. The molecule has 0 aromatic carbocycles. The van der Waals surface area contributed by atoms with E-state index in [0.717, 1.165) is 56.2 Å². The summed E-state index contributed by atoms with van der Waals surface area (Å²) in [5.74, 6) is 3.39. The largest absolute Gasteiger partial charge is 0.468 e. The Balaban J connectivity index is 1.51. The maximum atomic E-state index is 12.0. The van der Waals surface area contributed by atoms with Gasteiger partial charge in [-0.2, -0.15) is 11.8 Å². The Morgan fingerprint density at radius 3 is 3.25 bits per heavy atom. The fourth-order valence-electron chi connectivity index (χ4n) is 2.48. The van der Waals surface area contributed by atoms with Crippen molar-refractivity contribution >= 4 is 17.7 Å². The van der Waals surface area contributed by atoms with Gasteiger partial charge in [-0.1, -0.05) is 0 Å². The number of nitrogens with zero attached hydrogens (tertiary/aromatic N) is 1. The van der Waals surface area contributed by atoms with Gasteiger partial charge in [0.25, 0.3) is 0 Å². The van der Waals surface area contributed by atoms with Gasteiger partial charge in [0.15, 0.2) is 0 Å². The van der Waals surface area contributed by atoms with Crippen LogP contribution in [0.5, 0.6) is 0 Å². The van der Waals surface area contributed by atoms with Crippen LogP contribution in [0.2, 0.25) is 0 Å². The molecule has 0 saturated carbocycles. The van der Waals surface area contributed by atoms with Gasteiger partial charge in [0.1, 0.15) is 5.76 Å². The maximum Gasteiger partial charge on any atom is 0.224 e. The molecule has 1 aliphatic heterocycles. The predicted octanol–water partition coefficient (Wildman–Crippen LogP) is 2.36. The van der Waals surface area contributed by atoms with Gasteiger partial charge in [-0.25, -0.2) is 0 Å². The van der Waals surface area contributed by atoms with E-state index in [0.29, 0.717) is 0 Å². The molecule has 1 aliphatic rings. The second-order valence-electron chi connectivity index (χ2n) is 5.38. The van der Waals surface area contributed by atoms with Crippen LogP contribution in [-0.4, -0.2) is 43.2 Å². The zero-order chi connectivity index (χ0) is 14.2. The minimum absolute atomic E-state index is 0.185. The predicted molar refractivity (Wildman–Crippen MR) is 82.7 cm³/mol. The summed E-state index contributed by atoms with van der Waals surface area (Å²) in [5.41, 5.74) is 0. The molecular weight excluding hydrogens is 272 g/mol. The quantitative estimate of drug-likeness (QED) is 0.785. The summed E-state index contributed by atoms with van der Waals surface area (Å²) in [6.45, 7) is 2.80. The molecule has 4 nitrogen and oxygen atoms in total. The van der Waals surface area contributed by atoms with Crippen molar-refractivity contribution in [3.05, 3.63) is 24.2 Å². The van der Waals surface area contributed by atoms with Gasteiger partial charge in [-0.15, -0.1) is 0 Å². The minimum atomic E-state index is 0.185. The van der Waals surface area contributed by atoms with Crippen LogP contribution >= 0.6 is 11.8 Å². The number of carbonyl (C=O) groups is 1. The number of nitrogens with one attached hydrogen (secondary N) is 1. The molecule has 1 aromatic rings. The minimum Gasteiger partial charge on any atom is -0.468 e. The van der Waals surface area contributed by atoms with Crippen LogP contribution in [0, 0.1) is 5.92 Å². The first-order valence-corrected chi connectivity index (χ1v) is 8.47. The number of thioether (sulfide) groups is 1. The molecule has 20 heavy (non-hydrogen) atoms. The molecule has 112 valence electrons. The average molecular weight is 296 g/mol. The lowest BCUT2D eigenvalue weighted by Crippen LogP contribution is -2.41. The van der Waals surface area contributed by atoms with E-state index in [-0.39, 0.29) is 11.8 Å². The summed E-state index contributed by atoms with van der Waals surface area (Å²) in [4.78, 5) is 14.2. The lowest BCUT2D eigenvalue weighted by molar-refractivity contribution is -0.126. The highest BCUT2D eigenvalue weighted by molar-refractivity contribution is 7.98. The number of amides is 1. The third kappa shape index (κ3) is 5.21. The summed E-state index contributed by atoms with van der Waals surface area (Å²) in [5, 5.41) is 3.06. The van der Waals surface area contributed by atoms with Crippen LogP contribution in [-0.2, 0) is 10.5 Å². The Kier molecular flexibility index (Phi) is 6.47. The molecular formula is C15H24N2O2S. The summed E-state index contributed by atoms with van der Waals surface area (Å²) < 4.78 is 5.27. The van der Waals surface area contributed by atoms with Gasteiger partial charge < -0.3 is 14.6 Å². The molecule has 0 unspecified atom stereocenters. The van der Waals surface area contributed by atoms with Crippen molar-refractivity contribution in [1.29, 1.82) is 0 Å². The topological polar surface area (TPSA) is 45.5 Å². The number of piperidine rings is 1. The smallest absolute Gasteiger partial charge is 0.224 e. The third-order valence-electron chi connectivity index (χ3n) is 3.58. The highest BCUT2D eigenvalue weighted by Gasteiger charge is 2.23. The van der Waals surface area contributed by atoms with Gasteiger partial charge >= 0.3 is 0 Å². The first-order valence-electron chi connectivity index (χ1n) is 7.32. The van der Waals surface area contributed by atoms with E-state index in [4.69, 9.17) is 4.42 Å². The normalized spacial score (nSPS) is 19.9. The first kappa shape index (κ1) is 15.4. The van der Waals surface area contributed by atoms with Crippen molar-refractivity contribution in [2.75, 3.05) is 32.4 Å². The lowest BCUT2D eigenvalue weighted by atomic mass is 9.98. The van der Waals surface area contributed by atoms with Crippen molar-refractivity contribution in [1.82, 2.24) is 10.2 Å². The van der Waals surface area contributed by atoms with Crippen molar-refractivity contribution in [2.45, 2.75) is 25.0 Å². The van der Waals surface area contributed by atoms with Gasteiger partial charge in [0.2, 0.25) is 5.91 Å². The molecule has 1 saturated heterocycles. The molecule has 1 amide bonds. The first-order chi connectivity index (χ1) is 9.75. The average Bonchev–Trinajstić information content (AvgIpc) is 2.95. The van der Waals surface area contributed by atoms with E-state index in [1.54, 1.807) is 6.26 Å².